The Labute approximate surface area is 141 Å². The molecular formula is C21H19NO2. The van der Waals surface area contributed by atoms with Crippen LogP contribution >= 0.6 is 0 Å². The molecule has 0 fully saturated rings. The molecule has 0 amide bonds. The van der Waals surface area contributed by atoms with Crippen LogP contribution in [0.2, 0.25) is 0 Å². The van der Waals surface area contributed by atoms with E-state index in [1.807, 2.05) is 73.6 Å². The van der Waals surface area contributed by atoms with Crippen molar-refractivity contribution in [2.75, 3.05) is 19.0 Å². The third-order valence-electron chi connectivity index (χ3n) is 4.00. The molecule has 0 radical (unpaired) electrons. The lowest BCUT2D eigenvalue weighted by atomic mass is 10.0. The monoisotopic (exact) mass is 317 g/mol. The van der Waals surface area contributed by atoms with Crippen LogP contribution in [0.4, 0.5) is 5.69 Å². The summed E-state index contributed by atoms with van der Waals surface area (Å²) < 4.78 is 0. The molecule has 24 heavy (non-hydrogen) atoms. The number of rotatable bonds is 4. The van der Waals surface area contributed by atoms with Gasteiger partial charge >= 0.3 is 0 Å². The van der Waals surface area contributed by atoms with Crippen LogP contribution in [0.1, 0.15) is 15.9 Å². The molecule has 0 saturated heterocycles. The molecule has 0 unspecified atom stereocenters. The van der Waals surface area contributed by atoms with Crippen molar-refractivity contribution in [1.29, 1.82) is 0 Å². The summed E-state index contributed by atoms with van der Waals surface area (Å²) >= 11 is 0. The van der Waals surface area contributed by atoms with Crippen molar-refractivity contribution < 1.29 is 9.90 Å². The molecule has 3 nitrogen and oxygen atoms in total. The van der Waals surface area contributed by atoms with Gasteiger partial charge in [0.25, 0.3) is 0 Å². The maximum absolute atomic E-state index is 12.4. The van der Waals surface area contributed by atoms with Gasteiger partial charge in [0.1, 0.15) is 5.75 Å². The van der Waals surface area contributed by atoms with Crippen molar-refractivity contribution in [2.24, 2.45) is 0 Å². The Hall–Kier alpha value is -3.07. The Morgan fingerprint density at radius 3 is 2.38 bits per heavy atom. The third kappa shape index (κ3) is 3.15. The summed E-state index contributed by atoms with van der Waals surface area (Å²) in [7, 11) is 3.97. The Morgan fingerprint density at radius 1 is 0.958 bits per heavy atom. The largest absolute Gasteiger partial charge is 0.507 e. The Bertz CT molecular complexity index is 909. The highest BCUT2D eigenvalue weighted by Crippen LogP contribution is 2.29. The zero-order valence-electron chi connectivity index (χ0n) is 13.7. The number of carbonyl (C=O) groups excluding carboxylic acids is 1. The maximum Gasteiger partial charge on any atom is 0.189 e. The fourth-order valence-corrected chi connectivity index (χ4v) is 2.60. The predicted octanol–water partition coefficient (Wildman–Crippen LogP) is 4.51. The standard InChI is InChI=1S/C21H19NO2/c1-22(2)17-11-7-15(8-12-17)9-14-20(23)19-13-10-16-5-3-4-6-18(16)21(19)24/h3-14,24H,1-2H3. The first-order valence-corrected chi connectivity index (χ1v) is 7.77. The molecule has 3 aromatic carbocycles. The van der Waals surface area contributed by atoms with Crippen LogP contribution in [0.3, 0.4) is 0 Å². The summed E-state index contributed by atoms with van der Waals surface area (Å²) in [4.78, 5) is 14.4. The number of carbonyl (C=O) groups is 1. The number of allylic oxidation sites excluding steroid dienone is 1. The fraction of sp³-hybridized carbons (Fsp3) is 0.0952. The highest BCUT2D eigenvalue weighted by atomic mass is 16.3. The van der Waals surface area contributed by atoms with Crippen molar-refractivity contribution >= 4 is 28.3 Å². The molecule has 0 aromatic heterocycles. The summed E-state index contributed by atoms with van der Waals surface area (Å²) in [5, 5.41) is 12.0. The topological polar surface area (TPSA) is 40.5 Å². The minimum absolute atomic E-state index is 0.0331. The number of benzene rings is 3. The van der Waals surface area contributed by atoms with E-state index in [1.165, 1.54) is 6.08 Å². The lowest BCUT2D eigenvalue weighted by Gasteiger charge is -2.11. The molecule has 0 aliphatic heterocycles. The number of fused-ring (bicyclic) bond motifs is 1. The number of hydrogen-bond acceptors (Lipinski definition) is 3. The Kier molecular flexibility index (Phi) is 4.34. The Morgan fingerprint density at radius 2 is 1.67 bits per heavy atom. The Balaban J connectivity index is 1.85. The number of ketones is 1. The smallest absolute Gasteiger partial charge is 0.189 e. The summed E-state index contributed by atoms with van der Waals surface area (Å²) in [5.41, 5.74) is 2.36. The van der Waals surface area contributed by atoms with Crippen LogP contribution in [0.5, 0.6) is 5.75 Å². The molecule has 3 rings (SSSR count). The zero-order valence-corrected chi connectivity index (χ0v) is 13.7. The zero-order chi connectivity index (χ0) is 17.1. The van der Waals surface area contributed by atoms with E-state index in [0.717, 1.165) is 16.6 Å². The van der Waals surface area contributed by atoms with E-state index in [9.17, 15) is 9.90 Å². The quantitative estimate of drug-likeness (QED) is 0.568. The maximum atomic E-state index is 12.4. The second-order valence-electron chi connectivity index (χ2n) is 5.87. The highest BCUT2D eigenvalue weighted by Gasteiger charge is 2.11. The van der Waals surface area contributed by atoms with Crippen molar-refractivity contribution in [3.8, 4) is 5.75 Å². The molecule has 1 N–H and O–H groups in total. The van der Waals surface area contributed by atoms with E-state index < -0.39 is 0 Å². The molecule has 0 heterocycles. The lowest BCUT2D eigenvalue weighted by Crippen LogP contribution is -2.07. The van der Waals surface area contributed by atoms with Gasteiger partial charge in [0, 0.05) is 25.2 Å². The molecule has 0 bridgehead atoms. The highest BCUT2D eigenvalue weighted by molar-refractivity contribution is 6.11. The normalized spacial score (nSPS) is 11.1. The summed E-state index contributed by atoms with van der Waals surface area (Å²) in [6.45, 7) is 0. The number of aromatic hydroxyl groups is 1. The molecule has 0 spiro atoms. The van der Waals surface area contributed by atoms with Gasteiger partial charge in [0.15, 0.2) is 5.78 Å². The first kappa shape index (κ1) is 15.8. The van der Waals surface area contributed by atoms with Gasteiger partial charge in [-0.3, -0.25) is 4.79 Å². The van der Waals surface area contributed by atoms with Crippen LogP contribution in [0.25, 0.3) is 16.8 Å². The molecule has 3 aromatic rings. The minimum Gasteiger partial charge on any atom is -0.507 e. The molecular weight excluding hydrogens is 298 g/mol. The van der Waals surface area contributed by atoms with Gasteiger partial charge in [-0.25, -0.2) is 0 Å². The molecule has 0 saturated carbocycles. The van der Waals surface area contributed by atoms with Gasteiger partial charge in [-0.2, -0.15) is 0 Å². The van der Waals surface area contributed by atoms with Gasteiger partial charge in [0.2, 0.25) is 0 Å². The number of hydrogen-bond donors (Lipinski definition) is 1. The van der Waals surface area contributed by atoms with Crippen molar-refractivity contribution in [3.05, 3.63) is 77.9 Å². The average Bonchev–Trinajstić information content (AvgIpc) is 2.60. The number of phenols is 1. The molecule has 0 aliphatic rings. The van der Waals surface area contributed by atoms with Crippen LogP contribution in [-0.4, -0.2) is 25.0 Å². The summed E-state index contributed by atoms with van der Waals surface area (Å²) in [5.74, 6) is -0.180. The summed E-state index contributed by atoms with van der Waals surface area (Å²) in [6, 6.07) is 18.9. The fourth-order valence-electron chi connectivity index (χ4n) is 2.60. The molecule has 120 valence electrons. The molecule has 0 atom stereocenters. The van der Waals surface area contributed by atoms with E-state index in [4.69, 9.17) is 0 Å². The van der Waals surface area contributed by atoms with Crippen LogP contribution in [0.15, 0.2) is 66.7 Å². The van der Waals surface area contributed by atoms with Crippen LogP contribution in [-0.2, 0) is 0 Å². The van der Waals surface area contributed by atoms with Gasteiger partial charge in [0.05, 0.1) is 5.56 Å². The first-order valence-electron chi connectivity index (χ1n) is 7.77. The lowest BCUT2D eigenvalue weighted by molar-refractivity contribution is 0.104. The number of nitrogens with zero attached hydrogens (tertiary/aromatic N) is 1. The van der Waals surface area contributed by atoms with E-state index >= 15 is 0 Å². The molecule has 0 aliphatic carbocycles. The van der Waals surface area contributed by atoms with Crippen molar-refractivity contribution in [1.82, 2.24) is 0 Å². The van der Waals surface area contributed by atoms with Gasteiger partial charge < -0.3 is 10.0 Å². The van der Waals surface area contributed by atoms with Gasteiger partial charge in [-0.1, -0.05) is 48.5 Å². The van der Waals surface area contributed by atoms with Crippen LogP contribution in [0, 0.1) is 0 Å². The predicted molar refractivity (Wildman–Crippen MR) is 99.7 cm³/mol. The molecule has 3 heteroatoms. The SMILES string of the molecule is CN(C)c1ccc(C=CC(=O)c2ccc3ccccc3c2O)cc1. The number of phenolic OH excluding ortho intramolecular Hbond substituents is 1. The second-order valence-corrected chi connectivity index (χ2v) is 5.87. The first-order chi connectivity index (χ1) is 11.6. The van der Waals surface area contributed by atoms with E-state index in [0.29, 0.717) is 10.9 Å². The second kappa shape index (κ2) is 6.59. The van der Waals surface area contributed by atoms with E-state index in [1.54, 1.807) is 12.1 Å². The van der Waals surface area contributed by atoms with Gasteiger partial charge in [-0.05, 0) is 35.2 Å². The third-order valence-corrected chi connectivity index (χ3v) is 4.00. The van der Waals surface area contributed by atoms with Crippen LogP contribution < -0.4 is 4.90 Å². The van der Waals surface area contributed by atoms with E-state index in [-0.39, 0.29) is 11.5 Å². The van der Waals surface area contributed by atoms with Crippen molar-refractivity contribution in [3.63, 3.8) is 0 Å². The summed E-state index contributed by atoms with van der Waals surface area (Å²) in [6.07, 6.45) is 3.25. The average molecular weight is 317 g/mol. The number of anilines is 1. The van der Waals surface area contributed by atoms with Crippen molar-refractivity contribution in [2.45, 2.75) is 0 Å². The van der Waals surface area contributed by atoms with E-state index in [2.05, 4.69) is 0 Å². The minimum atomic E-state index is -0.213. The van der Waals surface area contributed by atoms with Gasteiger partial charge in [-0.15, -0.1) is 0 Å².